The summed E-state index contributed by atoms with van der Waals surface area (Å²) in [5.74, 6) is -1.70. The first-order valence-corrected chi connectivity index (χ1v) is 10.2. The first-order valence-electron chi connectivity index (χ1n) is 10.2. The molecule has 10 heteroatoms. The van der Waals surface area contributed by atoms with Gasteiger partial charge in [-0.25, -0.2) is 19.2 Å². The molecule has 168 valence electrons. The Labute approximate surface area is 189 Å². The lowest BCUT2D eigenvalue weighted by molar-refractivity contribution is 0.0983. The molecule has 33 heavy (non-hydrogen) atoms. The van der Waals surface area contributed by atoms with Crippen molar-refractivity contribution < 1.29 is 18.8 Å². The number of carbonyl (C=O) groups is 3. The van der Waals surface area contributed by atoms with E-state index in [1.165, 1.54) is 36.7 Å². The Kier molecular flexibility index (Phi) is 6.25. The number of amides is 4. The van der Waals surface area contributed by atoms with Gasteiger partial charge in [0, 0.05) is 49.6 Å². The van der Waals surface area contributed by atoms with Gasteiger partial charge in [-0.1, -0.05) is 0 Å². The molecule has 2 N–H and O–H groups in total. The van der Waals surface area contributed by atoms with E-state index in [9.17, 15) is 18.8 Å². The fraction of sp³-hybridized carbons (Fsp3) is 0.174. The summed E-state index contributed by atoms with van der Waals surface area (Å²) in [6, 6.07) is 12.0. The molecule has 0 unspecified atom stereocenters. The monoisotopic (exact) mass is 448 g/mol. The maximum atomic E-state index is 13.1. The van der Waals surface area contributed by atoms with E-state index in [0.717, 1.165) is 18.7 Å². The highest BCUT2D eigenvalue weighted by Gasteiger charge is 2.24. The van der Waals surface area contributed by atoms with Crippen LogP contribution in [0.1, 0.15) is 27.4 Å². The molecule has 0 bridgehead atoms. The standard InChI is InChI=1S/C23H21FN6O3/c1-29-13-2-14-30(23(29)33)18-9-7-17(8-10-18)28-22(32)20-19(25-11-12-26-20)21(31)27-16-5-3-15(24)4-6-16/h3-12H,2,13-14H2,1H3,(H,27,31)(H,28,32). The van der Waals surface area contributed by atoms with Crippen LogP contribution in [0.25, 0.3) is 0 Å². The second kappa shape index (κ2) is 9.43. The van der Waals surface area contributed by atoms with Crippen LogP contribution in [0.4, 0.5) is 26.2 Å². The van der Waals surface area contributed by atoms with E-state index < -0.39 is 17.6 Å². The Morgan fingerprint density at radius 3 is 1.91 bits per heavy atom. The number of hydrogen-bond donors (Lipinski definition) is 2. The van der Waals surface area contributed by atoms with Gasteiger partial charge in [0.1, 0.15) is 5.82 Å². The number of anilines is 3. The second-order valence-electron chi connectivity index (χ2n) is 7.42. The van der Waals surface area contributed by atoms with Crippen molar-refractivity contribution in [2.75, 3.05) is 35.7 Å². The van der Waals surface area contributed by atoms with Gasteiger partial charge in [0.15, 0.2) is 11.4 Å². The minimum atomic E-state index is -0.650. The molecule has 1 fully saturated rings. The maximum Gasteiger partial charge on any atom is 0.324 e. The number of urea groups is 1. The van der Waals surface area contributed by atoms with Crippen molar-refractivity contribution >= 4 is 34.9 Å². The highest BCUT2D eigenvalue weighted by Crippen LogP contribution is 2.22. The summed E-state index contributed by atoms with van der Waals surface area (Å²) in [6.45, 7) is 1.35. The van der Waals surface area contributed by atoms with Crippen molar-refractivity contribution in [2.24, 2.45) is 0 Å². The van der Waals surface area contributed by atoms with Crippen LogP contribution in [0.2, 0.25) is 0 Å². The van der Waals surface area contributed by atoms with Crippen LogP contribution >= 0.6 is 0 Å². The van der Waals surface area contributed by atoms with Crippen molar-refractivity contribution in [3.05, 3.63) is 78.1 Å². The Balaban J connectivity index is 1.47. The largest absolute Gasteiger partial charge is 0.327 e. The number of benzene rings is 2. The normalized spacial score (nSPS) is 13.6. The van der Waals surface area contributed by atoms with Gasteiger partial charge in [0.05, 0.1) is 0 Å². The highest BCUT2D eigenvalue weighted by molar-refractivity contribution is 6.13. The predicted octanol–water partition coefficient (Wildman–Crippen LogP) is 3.38. The predicted molar refractivity (Wildman–Crippen MR) is 121 cm³/mol. The molecule has 0 spiro atoms. The average molecular weight is 448 g/mol. The van der Waals surface area contributed by atoms with Crippen molar-refractivity contribution in [1.29, 1.82) is 0 Å². The van der Waals surface area contributed by atoms with Gasteiger partial charge in [-0.15, -0.1) is 0 Å². The number of halogens is 1. The van der Waals surface area contributed by atoms with Gasteiger partial charge >= 0.3 is 6.03 Å². The molecule has 1 aromatic heterocycles. The molecule has 1 aliphatic heterocycles. The number of rotatable bonds is 5. The molecule has 0 saturated carbocycles. The van der Waals surface area contributed by atoms with E-state index in [1.807, 2.05) is 0 Å². The first-order chi connectivity index (χ1) is 15.9. The van der Waals surface area contributed by atoms with E-state index in [0.29, 0.717) is 17.9 Å². The van der Waals surface area contributed by atoms with Crippen molar-refractivity contribution in [2.45, 2.75) is 6.42 Å². The molecule has 4 amide bonds. The van der Waals surface area contributed by atoms with Crippen molar-refractivity contribution in [3.63, 3.8) is 0 Å². The van der Waals surface area contributed by atoms with Crippen LogP contribution in [-0.2, 0) is 0 Å². The van der Waals surface area contributed by atoms with Gasteiger partial charge < -0.3 is 15.5 Å². The number of aromatic nitrogens is 2. The van der Waals surface area contributed by atoms with E-state index in [2.05, 4.69) is 20.6 Å². The quantitative estimate of drug-likeness (QED) is 0.622. The number of carbonyl (C=O) groups excluding carboxylic acids is 3. The molecule has 4 rings (SSSR count). The molecule has 2 heterocycles. The molecule has 0 atom stereocenters. The fourth-order valence-corrected chi connectivity index (χ4v) is 3.41. The summed E-state index contributed by atoms with van der Waals surface area (Å²) in [6.07, 6.45) is 3.49. The van der Waals surface area contributed by atoms with Crippen LogP contribution in [0, 0.1) is 5.82 Å². The minimum Gasteiger partial charge on any atom is -0.327 e. The topological polar surface area (TPSA) is 108 Å². The summed E-state index contributed by atoms with van der Waals surface area (Å²) in [4.78, 5) is 49.1. The van der Waals surface area contributed by atoms with Crippen molar-refractivity contribution in [3.8, 4) is 0 Å². The van der Waals surface area contributed by atoms with Gasteiger partial charge in [-0.3, -0.25) is 14.5 Å². The molecule has 1 aliphatic rings. The SMILES string of the molecule is CN1CCCN(c2ccc(NC(=O)c3nccnc3C(=O)Nc3ccc(F)cc3)cc2)C1=O. The minimum absolute atomic E-state index is 0.0746. The molecular weight excluding hydrogens is 427 g/mol. The summed E-state index contributed by atoms with van der Waals surface area (Å²) in [5, 5.41) is 5.26. The Hall–Kier alpha value is -4.34. The Morgan fingerprint density at radius 2 is 1.36 bits per heavy atom. The zero-order valence-electron chi connectivity index (χ0n) is 17.8. The van der Waals surface area contributed by atoms with Crippen LogP contribution in [0.5, 0.6) is 0 Å². The molecule has 2 aromatic carbocycles. The molecular formula is C23H21FN6O3. The van der Waals surface area contributed by atoms with Crippen molar-refractivity contribution in [1.82, 2.24) is 14.9 Å². The number of nitrogens with zero attached hydrogens (tertiary/aromatic N) is 4. The lowest BCUT2D eigenvalue weighted by Gasteiger charge is -2.33. The third-order valence-corrected chi connectivity index (χ3v) is 5.10. The first kappa shape index (κ1) is 21.9. The smallest absolute Gasteiger partial charge is 0.324 e. The molecule has 9 nitrogen and oxygen atoms in total. The molecule has 3 aromatic rings. The third-order valence-electron chi connectivity index (χ3n) is 5.10. The highest BCUT2D eigenvalue weighted by atomic mass is 19.1. The number of nitrogens with one attached hydrogen (secondary N) is 2. The Morgan fingerprint density at radius 1 is 0.848 bits per heavy atom. The zero-order chi connectivity index (χ0) is 23.4. The molecule has 1 saturated heterocycles. The van der Waals surface area contributed by atoms with Gasteiger partial charge in [-0.05, 0) is 55.0 Å². The van der Waals surface area contributed by atoms with E-state index in [-0.39, 0.29) is 17.4 Å². The summed E-state index contributed by atoms with van der Waals surface area (Å²) >= 11 is 0. The maximum absolute atomic E-state index is 13.1. The van der Waals surface area contributed by atoms with Gasteiger partial charge in [0.2, 0.25) is 0 Å². The van der Waals surface area contributed by atoms with Crippen LogP contribution in [0.15, 0.2) is 60.9 Å². The van der Waals surface area contributed by atoms with Crippen LogP contribution in [-0.4, -0.2) is 52.9 Å². The van der Waals surface area contributed by atoms with Gasteiger partial charge in [-0.2, -0.15) is 0 Å². The average Bonchev–Trinajstić information content (AvgIpc) is 2.83. The molecule has 0 radical (unpaired) electrons. The van der Waals surface area contributed by atoms with E-state index in [4.69, 9.17) is 0 Å². The lowest BCUT2D eigenvalue weighted by Crippen LogP contribution is -2.47. The van der Waals surface area contributed by atoms with Crippen LogP contribution < -0.4 is 15.5 Å². The third kappa shape index (κ3) is 4.95. The number of hydrogen-bond acceptors (Lipinski definition) is 5. The Bertz CT molecular complexity index is 1180. The zero-order valence-corrected chi connectivity index (χ0v) is 17.8. The van der Waals surface area contributed by atoms with E-state index >= 15 is 0 Å². The second-order valence-corrected chi connectivity index (χ2v) is 7.42. The van der Waals surface area contributed by atoms with Crippen LogP contribution in [0.3, 0.4) is 0 Å². The lowest BCUT2D eigenvalue weighted by atomic mass is 10.2. The summed E-state index contributed by atoms with van der Waals surface area (Å²) < 4.78 is 13.1. The molecule has 0 aliphatic carbocycles. The van der Waals surface area contributed by atoms with Gasteiger partial charge in [0.25, 0.3) is 11.8 Å². The summed E-state index contributed by atoms with van der Waals surface area (Å²) in [7, 11) is 1.76. The fourth-order valence-electron chi connectivity index (χ4n) is 3.41. The summed E-state index contributed by atoms with van der Waals surface area (Å²) in [5.41, 5.74) is 1.22. The van der Waals surface area contributed by atoms with E-state index in [1.54, 1.807) is 41.1 Å².